The summed E-state index contributed by atoms with van der Waals surface area (Å²) in [5.41, 5.74) is 0. The van der Waals surface area contributed by atoms with Gasteiger partial charge in [0.05, 0.1) is 19.8 Å². The Labute approximate surface area is 97.9 Å². The molecule has 0 aromatic heterocycles. The lowest BCUT2D eigenvalue weighted by Gasteiger charge is -2.26. The first kappa shape index (κ1) is 12.1. The van der Waals surface area contributed by atoms with Crippen LogP contribution in [0.1, 0.15) is 19.8 Å². The lowest BCUT2D eigenvalue weighted by atomic mass is 9.87. The number of hydrogen-bond donors (Lipinski definition) is 2. The molecule has 2 aliphatic carbocycles. The fraction of sp³-hybridized carbons (Fsp3) is 0.846. The van der Waals surface area contributed by atoms with Crippen molar-refractivity contribution in [1.29, 1.82) is 0 Å². The van der Waals surface area contributed by atoms with Crippen molar-refractivity contribution in [2.75, 3.05) is 26.4 Å². The van der Waals surface area contributed by atoms with E-state index >= 15 is 0 Å². The molecule has 2 aliphatic rings. The number of aliphatic hydroxyl groups is 1. The number of allylic oxidation sites excluding steroid dienone is 2. The Balaban J connectivity index is 1.61. The van der Waals surface area contributed by atoms with E-state index in [4.69, 9.17) is 9.84 Å². The van der Waals surface area contributed by atoms with Gasteiger partial charge in [-0.2, -0.15) is 0 Å². The molecule has 4 unspecified atom stereocenters. The van der Waals surface area contributed by atoms with E-state index in [0.717, 1.165) is 24.3 Å². The van der Waals surface area contributed by atoms with Crippen molar-refractivity contribution in [3.63, 3.8) is 0 Å². The summed E-state index contributed by atoms with van der Waals surface area (Å²) in [6.07, 6.45) is 7.52. The van der Waals surface area contributed by atoms with E-state index in [1.807, 2.05) is 0 Å². The highest BCUT2D eigenvalue weighted by Crippen LogP contribution is 2.44. The maximum Gasteiger partial charge on any atom is 0.0698 e. The van der Waals surface area contributed by atoms with Crippen molar-refractivity contribution < 1.29 is 9.84 Å². The van der Waals surface area contributed by atoms with E-state index in [1.54, 1.807) is 0 Å². The third-order valence-electron chi connectivity index (χ3n) is 3.92. The van der Waals surface area contributed by atoms with Gasteiger partial charge in [-0.05, 0) is 37.5 Å². The molecular weight excluding hydrogens is 202 g/mol. The average molecular weight is 225 g/mol. The van der Waals surface area contributed by atoms with Crippen LogP contribution in [-0.2, 0) is 4.74 Å². The molecular formula is C13H23NO2. The number of ether oxygens (including phenoxy) is 1. The molecule has 2 rings (SSSR count). The van der Waals surface area contributed by atoms with Gasteiger partial charge in [0.2, 0.25) is 0 Å². The minimum Gasteiger partial charge on any atom is -0.394 e. The summed E-state index contributed by atoms with van der Waals surface area (Å²) in [6, 6.07) is 0.581. The summed E-state index contributed by atoms with van der Waals surface area (Å²) in [6.45, 7) is 4.44. The average Bonchev–Trinajstić information content (AvgIpc) is 2.90. The van der Waals surface area contributed by atoms with Crippen molar-refractivity contribution in [1.82, 2.24) is 5.32 Å². The molecule has 0 aromatic carbocycles. The SMILES string of the molecule is CC(NCCOCCO)C1CC2C=CC1C2. The van der Waals surface area contributed by atoms with Crippen molar-refractivity contribution in [2.45, 2.75) is 25.8 Å². The Kier molecular flexibility index (Phi) is 4.38. The molecule has 2 bridgehead atoms. The molecule has 0 aromatic rings. The molecule has 0 saturated heterocycles. The number of aliphatic hydroxyl groups excluding tert-OH is 1. The fourth-order valence-corrected chi connectivity index (χ4v) is 3.07. The molecule has 3 nitrogen and oxygen atoms in total. The lowest BCUT2D eigenvalue weighted by Crippen LogP contribution is -2.37. The van der Waals surface area contributed by atoms with Crippen molar-refractivity contribution >= 4 is 0 Å². The molecule has 1 saturated carbocycles. The van der Waals surface area contributed by atoms with Gasteiger partial charge in [0.1, 0.15) is 0 Å². The van der Waals surface area contributed by atoms with Gasteiger partial charge in [-0.25, -0.2) is 0 Å². The summed E-state index contributed by atoms with van der Waals surface area (Å²) in [7, 11) is 0. The second kappa shape index (κ2) is 5.80. The van der Waals surface area contributed by atoms with Gasteiger partial charge in [-0.15, -0.1) is 0 Å². The molecule has 0 spiro atoms. The highest BCUT2D eigenvalue weighted by molar-refractivity contribution is 5.11. The van der Waals surface area contributed by atoms with Crippen LogP contribution < -0.4 is 5.32 Å². The Morgan fingerprint density at radius 1 is 1.38 bits per heavy atom. The van der Waals surface area contributed by atoms with E-state index in [-0.39, 0.29) is 6.61 Å². The normalized spacial score (nSPS) is 33.5. The van der Waals surface area contributed by atoms with Crippen LogP contribution in [0.4, 0.5) is 0 Å². The predicted octanol–water partition coefficient (Wildman–Crippen LogP) is 1.19. The Hall–Kier alpha value is -0.380. The summed E-state index contributed by atoms with van der Waals surface area (Å²) in [5, 5.41) is 12.1. The Morgan fingerprint density at radius 2 is 2.25 bits per heavy atom. The molecule has 92 valence electrons. The number of nitrogens with one attached hydrogen (secondary N) is 1. The van der Waals surface area contributed by atoms with Crippen LogP contribution in [0.2, 0.25) is 0 Å². The Morgan fingerprint density at radius 3 is 2.88 bits per heavy atom. The van der Waals surface area contributed by atoms with E-state index in [1.165, 1.54) is 12.8 Å². The first-order chi connectivity index (χ1) is 7.81. The number of fused-ring (bicyclic) bond motifs is 2. The van der Waals surface area contributed by atoms with Crippen LogP contribution in [0.25, 0.3) is 0 Å². The molecule has 0 amide bonds. The van der Waals surface area contributed by atoms with Crippen molar-refractivity contribution in [2.24, 2.45) is 17.8 Å². The van der Waals surface area contributed by atoms with E-state index < -0.39 is 0 Å². The highest BCUT2D eigenvalue weighted by atomic mass is 16.5. The second-order valence-corrected chi connectivity index (χ2v) is 5.02. The zero-order valence-corrected chi connectivity index (χ0v) is 10.1. The van der Waals surface area contributed by atoms with Gasteiger partial charge in [0.15, 0.2) is 0 Å². The number of hydrogen-bond acceptors (Lipinski definition) is 3. The first-order valence-corrected chi connectivity index (χ1v) is 6.41. The number of rotatable bonds is 7. The van der Waals surface area contributed by atoms with Crippen LogP contribution in [0.15, 0.2) is 12.2 Å². The van der Waals surface area contributed by atoms with E-state index in [2.05, 4.69) is 24.4 Å². The zero-order chi connectivity index (χ0) is 11.4. The van der Waals surface area contributed by atoms with Gasteiger partial charge in [0.25, 0.3) is 0 Å². The second-order valence-electron chi connectivity index (χ2n) is 5.02. The standard InChI is InChI=1S/C13H23NO2/c1-10(14-4-6-16-7-5-15)13-9-11-2-3-12(13)8-11/h2-3,10-15H,4-9H2,1H3. The van der Waals surface area contributed by atoms with Gasteiger partial charge < -0.3 is 15.2 Å². The zero-order valence-electron chi connectivity index (χ0n) is 10.1. The minimum atomic E-state index is 0.118. The molecule has 0 heterocycles. The largest absolute Gasteiger partial charge is 0.394 e. The van der Waals surface area contributed by atoms with Crippen LogP contribution in [0, 0.1) is 17.8 Å². The fourth-order valence-electron chi connectivity index (χ4n) is 3.07. The van der Waals surface area contributed by atoms with Crippen LogP contribution in [0.5, 0.6) is 0 Å². The third kappa shape index (κ3) is 2.84. The van der Waals surface area contributed by atoms with Gasteiger partial charge >= 0.3 is 0 Å². The first-order valence-electron chi connectivity index (χ1n) is 6.41. The smallest absolute Gasteiger partial charge is 0.0698 e. The molecule has 0 radical (unpaired) electrons. The quantitative estimate of drug-likeness (QED) is 0.505. The molecule has 3 heteroatoms. The maximum atomic E-state index is 8.57. The summed E-state index contributed by atoms with van der Waals surface area (Å²) in [5.74, 6) is 2.48. The third-order valence-corrected chi connectivity index (χ3v) is 3.92. The van der Waals surface area contributed by atoms with E-state index in [0.29, 0.717) is 19.3 Å². The van der Waals surface area contributed by atoms with Crippen molar-refractivity contribution in [3.05, 3.63) is 12.2 Å². The molecule has 4 atom stereocenters. The highest BCUT2D eigenvalue weighted by Gasteiger charge is 2.38. The molecule has 2 N–H and O–H groups in total. The summed E-state index contributed by atoms with van der Waals surface area (Å²) in [4.78, 5) is 0. The monoisotopic (exact) mass is 225 g/mol. The predicted molar refractivity (Wildman–Crippen MR) is 64.2 cm³/mol. The van der Waals surface area contributed by atoms with Crippen molar-refractivity contribution in [3.8, 4) is 0 Å². The van der Waals surface area contributed by atoms with Gasteiger partial charge in [-0.1, -0.05) is 12.2 Å². The molecule has 16 heavy (non-hydrogen) atoms. The molecule has 1 fully saturated rings. The molecule has 0 aliphatic heterocycles. The Bertz CT molecular complexity index is 242. The summed E-state index contributed by atoms with van der Waals surface area (Å²) >= 11 is 0. The summed E-state index contributed by atoms with van der Waals surface area (Å²) < 4.78 is 5.23. The van der Waals surface area contributed by atoms with Crippen LogP contribution >= 0.6 is 0 Å². The topological polar surface area (TPSA) is 41.5 Å². The van der Waals surface area contributed by atoms with Crippen LogP contribution in [-0.4, -0.2) is 37.5 Å². The van der Waals surface area contributed by atoms with Crippen LogP contribution in [0.3, 0.4) is 0 Å². The van der Waals surface area contributed by atoms with Gasteiger partial charge in [0, 0.05) is 12.6 Å². The lowest BCUT2D eigenvalue weighted by molar-refractivity contribution is 0.0913. The maximum absolute atomic E-state index is 8.57. The van der Waals surface area contributed by atoms with Gasteiger partial charge in [-0.3, -0.25) is 0 Å². The minimum absolute atomic E-state index is 0.118. The van der Waals surface area contributed by atoms with E-state index in [9.17, 15) is 0 Å².